The number of oxazole rings is 1. The van der Waals surface area contributed by atoms with E-state index in [-0.39, 0.29) is 5.91 Å². The van der Waals surface area contributed by atoms with Gasteiger partial charge in [0.1, 0.15) is 6.26 Å². The predicted octanol–water partition coefficient (Wildman–Crippen LogP) is 4.24. The third kappa shape index (κ3) is 4.52. The number of benzene rings is 1. The molecule has 0 N–H and O–H groups in total. The van der Waals surface area contributed by atoms with Gasteiger partial charge in [-0.25, -0.2) is 4.98 Å². The molecule has 2 heterocycles. The third-order valence-electron chi connectivity index (χ3n) is 3.83. The number of carbonyl (C=O) groups excluding carboxylic acids is 1. The van der Waals surface area contributed by atoms with Crippen LogP contribution < -0.4 is 0 Å². The first kappa shape index (κ1) is 16.4. The van der Waals surface area contributed by atoms with Crippen LogP contribution in [0.2, 0.25) is 5.02 Å². The van der Waals surface area contributed by atoms with Gasteiger partial charge in [-0.15, -0.1) is 11.8 Å². The molecule has 4 nitrogen and oxygen atoms in total. The Morgan fingerprint density at radius 3 is 2.70 bits per heavy atom. The van der Waals surface area contributed by atoms with E-state index in [0.717, 1.165) is 37.2 Å². The van der Waals surface area contributed by atoms with Crippen LogP contribution in [0.3, 0.4) is 0 Å². The molecule has 3 rings (SSSR count). The maximum absolute atomic E-state index is 12.1. The van der Waals surface area contributed by atoms with Gasteiger partial charge in [-0.3, -0.25) is 4.79 Å². The summed E-state index contributed by atoms with van der Waals surface area (Å²) in [6.45, 7) is 1.81. The minimum atomic E-state index is 0.233. The second kappa shape index (κ2) is 7.88. The number of rotatable bonds is 5. The Morgan fingerprint density at radius 1 is 1.22 bits per heavy atom. The van der Waals surface area contributed by atoms with E-state index in [1.54, 1.807) is 18.0 Å². The van der Waals surface area contributed by atoms with Gasteiger partial charge >= 0.3 is 0 Å². The number of hydrogen-bond donors (Lipinski definition) is 0. The van der Waals surface area contributed by atoms with Crippen LogP contribution in [0, 0.1) is 0 Å². The summed E-state index contributed by atoms with van der Waals surface area (Å²) in [6, 6.07) is 7.38. The SMILES string of the molecule is O=C(CSCc1coc(-c2ccc(Cl)cc2)n1)N1CCCCC1. The van der Waals surface area contributed by atoms with E-state index >= 15 is 0 Å². The largest absolute Gasteiger partial charge is 0.444 e. The summed E-state index contributed by atoms with van der Waals surface area (Å²) in [4.78, 5) is 18.5. The van der Waals surface area contributed by atoms with Crippen LogP contribution >= 0.6 is 23.4 Å². The molecule has 6 heteroatoms. The molecular weight excluding hydrogens is 332 g/mol. The smallest absolute Gasteiger partial charge is 0.232 e. The highest BCUT2D eigenvalue weighted by molar-refractivity contribution is 7.99. The fourth-order valence-electron chi connectivity index (χ4n) is 2.58. The van der Waals surface area contributed by atoms with Crippen LogP contribution in [0.1, 0.15) is 25.0 Å². The van der Waals surface area contributed by atoms with Crippen molar-refractivity contribution in [2.75, 3.05) is 18.8 Å². The molecule has 1 amide bonds. The molecule has 1 aliphatic rings. The summed E-state index contributed by atoms with van der Waals surface area (Å²) in [7, 11) is 0. The van der Waals surface area contributed by atoms with E-state index < -0.39 is 0 Å². The van der Waals surface area contributed by atoms with Crippen molar-refractivity contribution in [3.8, 4) is 11.5 Å². The Morgan fingerprint density at radius 2 is 1.96 bits per heavy atom. The molecule has 0 bridgehead atoms. The third-order valence-corrected chi connectivity index (χ3v) is 5.03. The molecule has 0 unspecified atom stereocenters. The number of halogens is 1. The number of aromatic nitrogens is 1. The van der Waals surface area contributed by atoms with Crippen molar-refractivity contribution in [1.29, 1.82) is 0 Å². The maximum Gasteiger partial charge on any atom is 0.232 e. The Balaban J connectivity index is 1.49. The Bertz CT molecular complexity index is 651. The van der Waals surface area contributed by atoms with Crippen LogP contribution in [0.5, 0.6) is 0 Å². The lowest BCUT2D eigenvalue weighted by Crippen LogP contribution is -2.36. The molecule has 1 aromatic heterocycles. The minimum absolute atomic E-state index is 0.233. The average Bonchev–Trinajstić information content (AvgIpc) is 3.05. The number of hydrogen-bond acceptors (Lipinski definition) is 4. The normalized spacial score (nSPS) is 14.9. The van der Waals surface area contributed by atoms with Crippen molar-refractivity contribution in [2.45, 2.75) is 25.0 Å². The Hall–Kier alpha value is -1.46. The standard InChI is InChI=1S/C17H19ClN2O2S/c18-14-6-4-13(5-7-14)17-19-15(10-22-17)11-23-12-16(21)20-8-2-1-3-9-20/h4-7,10H,1-3,8-9,11-12H2. The van der Waals surface area contributed by atoms with Gasteiger partial charge in [0, 0.05) is 29.4 Å². The number of amides is 1. The topological polar surface area (TPSA) is 46.3 Å². The number of nitrogens with zero attached hydrogens (tertiary/aromatic N) is 2. The summed E-state index contributed by atoms with van der Waals surface area (Å²) < 4.78 is 5.50. The lowest BCUT2D eigenvalue weighted by atomic mass is 10.1. The first-order valence-electron chi connectivity index (χ1n) is 7.78. The highest BCUT2D eigenvalue weighted by Crippen LogP contribution is 2.22. The van der Waals surface area contributed by atoms with Crippen molar-refractivity contribution < 1.29 is 9.21 Å². The quantitative estimate of drug-likeness (QED) is 0.809. The molecule has 1 aliphatic heterocycles. The van der Waals surface area contributed by atoms with E-state index in [9.17, 15) is 4.79 Å². The Kier molecular flexibility index (Phi) is 5.62. The number of thioether (sulfide) groups is 1. The van der Waals surface area contributed by atoms with E-state index in [1.807, 2.05) is 29.2 Å². The monoisotopic (exact) mass is 350 g/mol. The molecule has 0 atom stereocenters. The minimum Gasteiger partial charge on any atom is -0.444 e. The van der Waals surface area contributed by atoms with E-state index in [1.165, 1.54) is 6.42 Å². The van der Waals surface area contributed by atoms with Gasteiger partial charge in [0.2, 0.25) is 11.8 Å². The summed E-state index contributed by atoms with van der Waals surface area (Å²) in [5.41, 5.74) is 1.75. The zero-order chi connectivity index (χ0) is 16.1. The van der Waals surface area contributed by atoms with Crippen LogP contribution in [-0.2, 0) is 10.5 Å². The van der Waals surface area contributed by atoms with E-state index in [2.05, 4.69) is 4.98 Å². The van der Waals surface area contributed by atoms with Gasteiger partial charge in [-0.2, -0.15) is 0 Å². The second-order valence-corrected chi connectivity index (χ2v) is 7.01. The summed E-state index contributed by atoms with van der Waals surface area (Å²) >= 11 is 7.46. The zero-order valence-corrected chi connectivity index (χ0v) is 14.4. The van der Waals surface area contributed by atoms with E-state index in [0.29, 0.717) is 22.4 Å². The number of piperidine rings is 1. The summed E-state index contributed by atoms with van der Waals surface area (Å²) in [6.07, 6.45) is 5.15. The first-order valence-corrected chi connectivity index (χ1v) is 9.31. The Labute approximate surface area is 145 Å². The fourth-order valence-corrected chi connectivity index (χ4v) is 3.50. The van der Waals surface area contributed by atoms with Gasteiger partial charge < -0.3 is 9.32 Å². The molecule has 0 aliphatic carbocycles. The van der Waals surface area contributed by atoms with Gasteiger partial charge in [-0.1, -0.05) is 11.6 Å². The second-order valence-electron chi connectivity index (χ2n) is 5.59. The molecule has 0 radical (unpaired) electrons. The number of likely N-dealkylation sites (tertiary alicyclic amines) is 1. The molecule has 1 saturated heterocycles. The average molecular weight is 351 g/mol. The summed E-state index contributed by atoms with van der Waals surface area (Å²) in [5, 5.41) is 0.687. The van der Waals surface area contributed by atoms with Crippen molar-refractivity contribution in [3.05, 3.63) is 41.2 Å². The predicted molar refractivity (Wildman–Crippen MR) is 93.5 cm³/mol. The summed E-state index contributed by atoms with van der Waals surface area (Å²) in [5.74, 6) is 2.00. The van der Waals surface area contributed by atoms with Crippen molar-refractivity contribution >= 4 is 29.3 Å². The molecule has 0 spiro atoms. The first-order chi connectivity index (χ1) is 11.2. The molecule has 23 heavy (non-hydrogen) atoms. The molecule has 2 aromatic rings. The van der Waals surface area contributed by atoms with Crippen LogP contribution in [0.25, 0.3) is 11.5 Å². The zero-order valence-electron chi connectivity index (χ0n) is 12.8. The van der Waals surface area contributed by atoms with Gasteiger partial charge in [0.15, 0.2) is 0 Å². The lowest BCUT2D eigenvalue weighted by Gasteiger charge is -2.26. The molecule has 122 valence electrons. The van der Waals surface area contributed by atoms with Crippen molar-refractivity contribution in [2.24, 2.45) is 0 Å². The molecule has 1 aromatic carbocycles. The van der Waals surface area contributed by atoms with Crippen LogP contribution in [-0.4, -0.2) is 34.6 Å². The molecule has 1 fully saturated rings. The van der Waals surface area contributed by atoms with Crippen molar-refractivity contribution in [1.82, 2.24) is 9.88 Å². The van der Waals surface area contributed by atoms with Crippen LogP contribution in [0.15, 0.2) is 34.9 Å². The van der Waals surface area contributed by atoms with E-state index in [4.69, 9.17) is 16.0 Å². The van der Waals surface area contributed by atoms with Crippen molar-refractivity contribution in [3.63, 3.8) is 0 Å². The van der Waals surface area contributed by atoms with Gasteiger partial charge in [0.25, 0.3) is 0 Å². The fraction of sp³-hybridized carbons (Fsp3) is 0.412. The maximum atomic E-state index is 12.1. The number of carbonyl (C=O) groups is 1. The van der Waals surface area contributed by atoms with Gasteiger partial charge in [-0.05, 0) is 43.5 Å². The van der Waals surface area contributed by atoms with Crippen LogP contribution in [0.4, 0.5) is 0 Å². The highest BCUT2D eigenvalue weighted by atomic mass is 35.5. The highest BCUT2D eigenvalue weighted by Gasteiger charge is 2.16. The van der Waals surface area contributed by atoms with Gasteiger partial charge in [0.05, 0.1) is 11.4 Å². The lowest BCUT2D eigenvalue weighted by molar-refractivity contribution is -0.129. The molecular formula is C17H19ClN2O2S. The molecule has 0 saturated carbocycles.